The Bertz CT molecular complexity index is 1530. The standard InChI is InChI=1S/C29H36ClN7O3Si/c1-19-10-11-25(31-13-19)35-27(38)24(17-36-15-20(16-36)12-29(2,3)41(4,5)39)40-28-21-14-34-37(26(21)32-18-33-28)23-9-7-6-8-22(23)30/h6-11,13-14,18,20,24,39H,12,15-17H2,1-5H3,(H,31,35,38)/t24-/m0/s1. The number of aryl methyl sites for hydroxylation is 1. The summed E-state index contributed by atoms with van der Waals surface area (Å²) in [6.07, 6.45) is 4.80. The molecule has 41 heavy (non-hydrogen) atoms. The summed E-state index contributed by atoms with van der Waals surface area (Å²) in [5.74, 6) is 0.841. The number of aromatic nitrogens is 5. The van der Waals surface area contributed by atoms with Crippen molar-refractivity contribution in [3.05, 3.63) is 65.7 Å². The molecule has 0 spiro atoms. The molecular weight excluding hydrogens is 558 g/mol. The minimum absolute atomic E-state index is 0.0947. The van der Waals surface area contributed by atoms with Gasteiger partial charge in [0.15, 0.2) is 20.1 Å². The van der Waals surface area contributed by atoms with Crippen LogP contribution in [-0.4, -0.2) is 74.4 Å². The Hall–Kier alpha value is -3.38. The lowest BCUT2D eigenvalue weighted by Crippen LogP contribution is -2.54. The quantitative estimate of drug-likeness (QED) is 0.250. The molecule has 1 saturated heterocycles. The molecule has 1 aromatic carbocycles. The molecule has 1 aliphatic heterocycles. The fourth-order valence-electron chi connectivity index (χ4n) is 4.93. The minimum Gasteiger partial charge on any atom is -0.462 e. The third-order valence-corrected chi connectivity index (χ3v) is 11.9. The van der Waals surface area contributed by atoms with Gasteiger partial charge in [-0.1, -0.05) is 43.6 Å². The molecule has 0 saturated carbocycles. The summed E-state index contributed by atoms with van der Waals surface area (Å²) < 4.78 is 7.94. The summed E-state index contributed by atoms with van der Waals surface area (Å²) in [6.45, 7) is 12.3. The summed E-state index contributed by atoms with van der Waals surface area (Å²) in [7, 11) is -2.30. The van der Waals surface area contributed by atoms with Gasteiger partial charge < -0.3 is 14.8 Å². The molecular formula is C29H36ClN7O3Si. The zero-order valence-electron chi connectivity index (χ0n) is 24.0. The van der Waals surface area contributed by atoms with Crippen LogP contribution in [0.2, 0.25) is 23.2 Å². The van der Waals surface area contributed by atoms with E-state index in [4.69, 9.17) is 16.3 Å². The van der Waals surface area contributed by atoms with Crippen LogP contribution in [0.15, 0.2) is 55.1 Å². The Morgan fingerprint density at radius 2 is 1.93 bits per heavy atom. The number of amides is 1. The third-order valence-electron chi connectivity index (χ3n) is 8.03. The summed E-state index contributed by atoms with van der Waals surface area (Å²) in [6, 6.07) is 11.0. The molecule has 0 unspecified atom stereocenters. The van der Waals surface area contributed by atoms with Crippen LogP contribution in [0.5, 0.6) is 5.88 Å². The van der Waals surface area contributed by atoms with Gasteiger partial charge in [-0.15, -0.1) is 0 Å². The van der Waals surface area contributed by atoms with Gasteiger partial charge in [0, 0.05) is 25.8 Å². The van der Waals surface area contributed by atoms with E-state index in [9.17, 15) is 9.59 Å². The molecule has 1 amide bonds. The van der Waals surface area contributed by atoms with Gasteiger partial charge in [-0.05, 0) is 61.2 Å². The number of anilines is 1. The van der Waals surface area contributed by atoms with Gasteiger partial charge in [-0.3, -0.25) is 9.69 Å². The molecule has 1 aliphatic rings. The molecule has 4 aromatic rings. The van der Waals surface area contributed by atoms with Crippen LogP contribution in [0, 0.1) is 12.8 Å². The summed E-state index contributed by atoms with van der Waals surface area (Å²) in [4.78, 5) is 39.5. The second-order valence-electron chi connectivity index (χ2n) is 12.0. The Labute approximate surface area is 245 Å². The van der Waals surface area contributed by atoms with Crippen molar-refractivity contribution in [2.45, 2.75) is 51.4 Å². The van der Waals surface area contributed by atoms with Crippen molar-refractivity contribution in [3.63, 3.8) is 0 Å². The smallest absolute Gasteiger partial charge is 0.268 e. The molecule has 0 aliphatic carbocycles. The molecule has 5 rings (SSSR count). The lowest BCUT2D eigenvalue weighted by Gasteiger charge is -2.46. The normalized spacial score (nSPS) is 15.5. The molecule has 0 bridgehead atoms. The van der Waals surface area contributed by atoms with Gasteiger partial charge in [0.1, 0.15) is 17.5 Å². The number of hydrogen-bond donors (Lipinski definition) is 2. The fraction of sp³-hybridized carbons (Fsp3) is 0.414. The van der Waals surface area contributed by atoms with E-state index in [2.05, 4.69) is 44.1 Å². The number of para-hydroxylation sites is 1. The van der Waals surface area contributed by atoms with Gasteiger partial charge in [-0.2, -0.15) is 5.10 Å². The lowest BCUT2D eigenvalue weighted by molar-refractivity contribution is -0.124. The highest BCUT2D eigenvalue weighted by molar-refractivity contribution is 6.72. The maximum atomic E-state index is 13.5. The molecule has 1 fully saturated rings. The number of nitrogens with zero attached hydrogens (tertiary/aromatic N) is 6. The number of nitrogens with one attached hydrogen (secondary N) is 1. The number of ether oxygens (including phenoxy) is 1. The van der Waals surface area contributed by atoms with Crippen molar-refractivity contribution in [2.24, 2.45) is 5.92 Å². The Balaban J connectivity index is 1.36. The Morgan fingerprint density at radius 3 is 2.61 bits per heavy atom. The molecule has 12 heteroatoms. The van der Waals surface area contributed by atoms with Gasteiger partial charge in [0.05, 0.1) is 16.9 Å². The predicted molar refractivity (Wildman–Crippen MR) is 162 cm³/mol. The number of pyridine rings is 1. The summed E-state index contributed by atoms with van der Waals surface area (Å²) in [5, 5.41) is 8.37. The van der Waals surface area contributed by atoms with E-state index in [1.54, 1.807) is 29.2 Å². The SMILES string of the molecule is Cc1ccc(NC(=O)[C@H](CN2CC(CC(C)(C)[Si](C)(C)O)C2)Oc2ncnc3c2cnn3-c2ccccc2Cl)nc1. The third kappa shape index (κ3) is 6.43. The molecule has 4 heterocycles. The van der Waals surface area contributed by atoms with E-state index in [-0.39, 0.29) is 16.8 Å². The van der Waals surface area contributed by atoms with E-state index < -0.39 is 14.4 Å². The molecule has 1 atom stereocenters. The second kappa shape index (κ2) is 11.5. The number of fused-ring (bicyclic) bond motifs is 1. The van der Waals surface area contributed by atoms with E-state index >= 15 is 0 Å². The zero-order valence-corrected chi connectivity index (χ0v) is 25.8. The summed E-state index contributed by atoms with van der Waals surface area (Å²) >= 11 is 6.41. The number of rotatable bonds is 10. The number of hydrogen-bond acceptors (Lipinski definition) is 8. The number of carbonyl (C=O) groups is 1. The maximum absolute atomic E-state index is 13.5. The van der Waals surface area contributed by atoms with E-state index in [1.807, 2.05) is 44.3 Å². The first-order chi connectivity index (χ1) is 19.4. The van der Waals surface area contributed by atoms with Gasteiger partial charge in [-0.25, -0.2) is 19.6 Å². The van der Waals surface area contributed by atoms with Crippen LogP contribution in [-0.2, 0) is 4.79 Å². The first kappa shape index (κ1) is 29.1. The van der Waals surface area contributed by atoms with E-state index in [1.165, 1.54) is 6.33 Å². The van der Waals surface area contributed by atoms with Gasteiger partial charge >= 0.3 is 0 Å². The lowest BCUT2D eigenvalue weighted by atomic mass is 9.89. The monoisotopic (exact) mass is 593 g/mol. The second-order valence-corrected chi connectivity index (χ2v) is 16.9. The fourth-order valence-corrected chi connectivity index (χ4v) is 5.94. The summed E-state index contributed by atoms with van der Waals surface area (Å²) in [5.41, 5.74) is 2.19. The molecule has 10 nitrogen and oxygen atoms in total. The van der Waals surface area contributed by atoms with Crippen LogP contribution in [0.4, 0.5) is 5.82 Å². The van der Waals surface area contributed by atoms with E-state index in [0.717, 1.165) is 25.1 Å². The first-order valence-corrected chi connectivity index (χ1v) is 17.0. The van der Waals surface area contributed by atoms with Crippen LogP contribution in [0.3, 0.4) is 0 Å². The van der Waals surface area contributed by atoms with Crippen molar-refractivity contribution >= 4 is 42.7 Å². The minimum atomic E-state index is -2.30. The van der Waals surface area contributed by atoms with Crippen molar-refractivity contribution in [3.8, 4) is 11.6 Å². The Kier molecular flexibility index (Phi) is 8.15. The van der Waals surface area contributed by atoms with E-state index in [0.29, 0.717) is 40.0 Å². The highest BCUT2D eigenvalue weighted by atomic mass is 35.5. The van der Waals surface area contributed by atoms with Crippen molar-refractivity contribution in [2.75, 3.05) is 25.0 Å². The highest BCUT2D eigenvalue weighted by Crippen LogP contribution is 2.43. The van der Waals surface area contributed by atoms with Crippen molar-refractivity contribution in [1.29, 1.82) is 0 Å². The van der Waals surface area contributed by atoms with Crippen LogP contribution >= 0.6 is 11.6 Å². The predicted octanol–water partition coefficient (Wildman–Crippen LogP) is 4.86. The number of carbonyl (C=O) groups excluding carboxylic acids is 1. The van der Waals surface area contributed by atoms with Gasteiger partial charge in [0.2, 0.25) is 5.88 Å². The number of benzene rings is 1. The number of halogens is 1. The zero-order chi connectivity index (χ0) is 29.4. The maximum Gasteiger partial charge on any atom is 0.268 e. The molecule has 3 aromatic heterocycles. The molecule has 216 valence electrons. The average molecular weight is 594 g/mol. The van der Waals surface area contributed by atoms with Gasteiger partial charge in [0.25, 0.3) is 5.91 Å². The molecule has 2 N–H and O–H groups in total. The van der Waals surface area contributed by atoms with Crippen LogP contribution in [0.25, 0.3) is 16.7 Å². The Morgan fingerprint density at radius 1 is 1.17 bits per heavy atom. The molecule has 0 radical (unpaired) electrons. The number of likely N-dealkylation sites (tertiary alicyclic amines) is 1. The van der Waals surface area contributed by atoms with Crippen molar-refractivity contribution in [1.82, 2.24) is 29.6 Å². The first-order valence-electron chi connectivity index (χ1n) is 13.7. The van der Waals surface area contributed by atoms with Crippen LogP contribution < -0.4 is 10.1 Å². The van der Waals surface area contributed by atoms with Crippen LogP contribution in [0.1, 0.15) is 25.8 Å². The topological polar surface area (TPSA) is 118 Å². The highest BCUT2D eigenvalue weighted by Gasteiger charge is 2.43. The van der Waals surface area contributed by atoms with Crippen molar-refractivity contribution < 1.29 is 14.3 Å². The average Bonchev–Trinajstić information content (AvgIpc) is 3.32. The largest absolute Gasteiger partial charge is 0.462 e.